The molecule has 0 heterocycles. The first-order valence-electron chi connectivity index (χ1n) is 6.90. The number of hydrogen-bond donors (Lipinski definition) is 2. The predicted molar refractivity (Wildman–Crippen MR) is 78.2 cm³/mol. The fourth-order valence-corrected chi connectivity index (χ4v) is 1.92. The Hall–Kier alpha value is -1.71. The van der Waals surface area contributed by atoms with E-state index >= 15 is 0 Å². The lowest BCUT2D eigenvalue weighted by Crippen LogP contribution is -2.15. The van der Waals surface area contributed by atoms with Gasteiger partial charge in [-0.2, -0.15) is 0 Å². The zero-order valence-electron chi connectivity index (χ0n) is 11.8. The monoisotopic (exact) mass is 264 g/mol. The van der Waals surface area contributed by atoms with Crippen molar-refractivity contribution < 1.29 is 9.53 Å². The molecule has 1 atom stereocenters. The third-order valence-corrected chi connectivity index (χ3v) is 3.09. The number of unbranched alkanes of at least 4 members (excludes halogenated alkanes) is 3. The third kappa shape index (κ3) is 5.20. The lowest BCUT2D eigenvalue weighted by atomic mass is 10.1. The average Bonchev–Trinajstić information content (AvgIpc) is 2.37. The fraction of sp³-hybridized carbons (Fsp3) is 0.533. The minimum Gasteiger partial charge on any atom is -0.489 e. The number of benzene rings is 1. The molecular weight excluding hydrogens is 240 g/mol. The van der Waals surface area contributed by atoms with Crippen molar-refractivity contribution in [1.29, 1.82) is 0 Å². The summed E-state index contributed by atoms with van der Waals surface area (Å²) in [6.45, 7) is 4.21. The highest BCUT2D eigenvalue weighted by Gasteiger charge is 2.09. The number of carbonyl (C=O) groups excluding carboxylic acids is 1. The van der Waals surface area contributed by atoms with Crippen LogP contribution in [0.5, 0.6) is 5.75 Å². The largest absolute Gasteiger partial charge is 0.489 e. The van der Waals surface area contributed by atoms with Gasteiger partial charge in [0.15, 0.2) is 0 Å². The minimum atomic E-state index is -0.472. The van der Waals surface area contributed by atoms with E-state index < -0.39 is 5.91 Å². The van der Waals surface area contributed by atoms with Gasteiger partial charge in [-0.1, -0.05) is 26.2 Å². The summed E-state index contributed by atoms with van der Waals surface area (Å²) >= 11 is 0. The van der Waals surface area contributed by atoms with Crippen LogP contribution in [0.15, 0.2) is 18.2 Å². The average molecular weight is 264 g/mol. The number of carbonyl (C=O) groups is 1. The van der Waals surface area contributed by atoms with Gasteiger partial charge in [0.25, 0.3) is 0 Å². The molecule has 4 heteroatoms. The zero-order chi connectivity index (χ0) is 14.3. The molecule has 1 aromatic carbocycles. The smallest absolute Gasteiger partial charge is 0.248 e. The number of ether oxygens (including phenoxy) is 1. The van der Waals surface area contributed by atoms with E-state index in [-0.39, 0.29) is 6.10 Å². The quantitative estimate of drug-likeness (QED) is 0.559. The molecule has 0 fully saturated rings. The molecule has 0 aliphatic heterocycles. The molecule has 0 aliphatic carbocycles. The summed E-state index contributed by atoms with van der Waals surface area (Å²) in [6.07, 6.45) is 5.92. The van der Waals surface area contributed by atoms with Crippen LogP contribution in [0.2, 0.25) is 0 Å². The molecule has 0 aliphatic rings. The van der Waals surface area contributed by atoms with Crippen molar-refractivity contribution in [3.8, 4) is 5.75 Å². The zero-order valence-corrected chi connectivity index (χ0v) is 11.8. The summed E-state index contributed by atoms with van der Waals surface area (Å²) in [4.78, 5) is 11.1. The number of hydrogen-bond acceptors (Lipinski definition) is 3. The van der Waals surface area contributed by atoms with Crippen LogP contribution in [0.1, 0.15) is 56.3 Å². The number of anilines is 1. The second-order valence-corrected chi connectivity index (χ2v) is 4.89. The summed E-state index contributed by atoms with van der Waals surface area (Å²) < 4.78 is 5.78. The molecule has 1 unspecified atom stereocenters. The Kier molecular flexibility index (Phi) is 6.19. The highest BCUT2D eigenvalue weighted by molar-refractivity contribution is 5.93. The lowest BCUT2D eigenvalue weighted by Gasteiger charge is -2.16. The van der Waals surface area contributed by atoms with Gasteiger partial charge < -0.3 is 16.2 Å². The molecule has 19 heavy (non-hydrogen) atoms. The summed E-state index contributed by atoms with van der Waals surface area (Å²) in [7, 11) is 0. The first kappa shape index (κ1) is 15.3. The lowest BCUT2D eigenvalue weighted by molar-refractivity contribution is 0.0999. The van der Waals surface area contributed by atoms with Crippen LogP contribution in [0.4, 0.5) is 5.69 Å². The third-order valence-electron chi connectivity index (χ3n) is 3.09. The van der Waals surface area contributed by atoms with Gasteiger partial charge in [0.05, 0.1) is 11.8 Å². The molecule has 1 aromatic rings. The van der Waals surface area contributed by atoms with Crippen LogP contribution < -0.4 is 16.2 Å². The number of nitrogen functional groups attached to an aromatic ring is 1. The van der Waals surface area contributed by atoms with Crippen molar-refractivity contribution in [1.82, 2.24) is 0 Å². The molecule has 0 saturated heterocycles. The molecule has 0 radical (unpaired) electrons. The molecule has 0 spiro atoms. The van der Waals surface area contributed by atoms with Crippen LogP contribution in [0.25, 0.3) is 0 Å². The Morgan fingerprint density at radius 2 is 2.05 bits per heavy atom. The molecule has 4 N–H and O–H groups in total. The van der Waals surface area contributed by atoms with Crippen molar-refractivity contribution >= 4 is 11.6 Å². The molecule has 1 rings (SSSR count). The standard InChI is InChI=1S/C15H24N2O2/c1-3-4-5-6-7-11(2)19-14-10-12(15(17)18)8-9-13(14)16/h8-11H,3-7,16H2,1-2H3,(H2,17,18). The molecule has 0 bridgehead atoms. The summed E-state index contributed by atoms with van der Waals surface area (Å²) in [5.41, 5.74) is 12.0. The van der Waals surface area contributed by atoms with Crippen molar-refractivity contribution in [3.05, 3.63) is 23.8 Å². The van der Waals surface area contributed by atoms with Gasteiger partial charge in [0.2, 0.25) is 5.91 Å². The van der Waals surface area contributed by atoms with Gasteiger partial charge in [-0.3, -0.25) is 4.79 Å². The Morgan fingerprint density at radius 3 is 2.68 bits per heavy atom. The normalized spacial score (nSPS) is 12.1. The molecular formula is C15H24N2O2. The van der Waals surface area contributed by atoms with Crippen molar-refractivity contribution in [2.75, 3.05) is 5.73 Å². The van der Waals surface area contributed by atoms with Gasteiger partial charge in [-0.15, -0.1) is 0 Å². The maximum Gasteiger partial charge on any atom is 0.248 e. The highest BCUT2D eigenvalue weighted by Crippen LogP contribution is 2.24. The van der Waals surface area contributed by atoms with E-state index in [1.54, 1.807) is 18.2 Å². The molecule has 1 amide bonds. The summed E-state index contributed by atoms with van der Waals surface area (Å²) in [5, 5.41) is 0. The van der Waals surface area contributed by atoms with Crippen LogP contribution in [0.3, 0.4) is 0 Å². The van der Waals surface area contributed by atoms with E-state index in [0.717, 1.165) is 12.8 Å². The Bertz CT molecular complexity index is 419. The van der Waals surface area contributed by atoms with Gasteiger partial charge in [-0.25, -0.2) is 0 Å². The maximum absolute atomic E-state index is 11.1. The fourth-order valence-electron chi connectivity index (χ4n) is 1.92. The number of nitrogens with two attached hydrogens (primary N) is 2. The van der Waals surface area contributed by atoms with Crippen LogP contribution in [-0.4, -0.2) is 12.0 Å². The van der Waals surface area contributed by atoms with E-state index in [2.05, 4.69) is 6.92 Å². The first-order valence-corrected chi connectivity index (χ1v) is 6.90. The van der Waals surface area contributed by atoms with E-state index in [9.17, 15) is 4.79 Å². The predicted octanol–water partition coefficient (Wildman–Crippen LogP) is 3.11. The summed E-state index contributed by atoms with van der Waals surface area (Å²) in [6, 6.07) is 4.87. The SMILES string of the molecule is CCCCCCC(C)Oc1cc(C(N)=O)ccc1N. The maximum atomic E-state index is 11.1. The first-order chi connectivity index (χ1) is 9.04. The number of primary amides is 1. The van der Waals surface area contributed by atoms with E-state index in [4.69, 9.17) is 16.2 Å². The molecule has 0 aromatic heterocycles. The van der Waals surface area contributed by atoms with E-state index in [1.165, 1.54) is 19.3 Å². The van der Waals surface area contributed by atoms with Crippen LogP contribution in [0, 0.1) is 0 Å². The number of rotatable bonds is 8. The van der Waals surface area contributed by atoms with Crippen molar-refractivity contribution in [2.24, 2.45) is 5.73 Å². The van der Waals surface area contributed by atoms with Crippen LogP contribution >= 0.6 is 0 Å². The Labute approximate surface area is 115 Å². The Morgan fingerprint density at radius 1 is 1.32 bits per heavy atom. The van der Waals surface area contributed by atoms with Gasteiger partial charge in [0.1, 0.15) is 5.75 Å². The molecule has 0 saturated carbocycles. The number of amides is 1. The minimum absolute atomic E-state index is 0.0854. The van der Waals surface area contributed by atoms with E-state index in [0.29, 0.717) is 17.0 Å². The van der Waals surface area contributed by atoms with Gasteiger partial charge in [0, 0.05) is 5.56 Å². The van der Waals surface area contributed by atoms with Crippen molar-refractivity contribution in [3.63, 3.8) is 0 Å². The van der Waals surface area contributed by atoms with Crippen molar-refractivity contribution in [2.45, 2.75) is 52.1 Å². The van der Waals surface area contributed by atoms with E-state index in [1.807, 2.05) is 6.92 Å². The van der Waals surface area contributed by atoms with Gasteiger partial charge >= 0.3 is 0 Å². The summed E-state index contributed by atoms with van der Waals surface area (Å²) in [5.74, 6) is 0.0692. The topological polar surface area (TPSA) is 78.3 Å². The molecule has 4 nitrogen and oxygen atoms in total. The second kappa shape index (κ2) is 7.67. The second-order valence-electron chi connectivity index (χ2n) is 4.89. The molecule has 106 valence electrons. The van der Waals surface area contributed by atoms with Crippen LogP contribution in [-0.2, 0) is 0 Å². The van der Waals surface area contributed by atoms with Gasteiger partial charge in [-0.05, 0) is 38.0 Å². The Balaban J connectivity index is 2.55. The highest BCUT2D eigenvalue weighted by atomic mass is 16.5.